The fraction of sp³-hybridized carbons (Fsp3) is 0.429. The van der Waals surface area contributed by atoms with Gasteiger partial charge in [0.25, 0.3) is 0 Å². The number of Topliss-reactive ketones (excluding diaryl/α,β-unsaturated/α-hetero) is 1. The second-order valence-electron chi connectivity index (χ2n) is 2.06. The van der Waals surface area contributed by atoms with Crippen molar-refractivity contribution in [1.82, 2.24) is 5.32 Å². The summed E-state index contributed by atoms with van der Waals surface area (Å²) in [5.41, 5.74) is 0.315. The van der Waals surface area contributed by atoms with Crippen molar-refractivity contribution < 1.29 is 9.59 Å². The minimum atomic E-state index is -0.268. The van der Waals surface area contributed by atoms with E-state index in [2.05, 4.69) is 11.9 Å². The van der Waals surface area contributed by atoms with E-state index in [9.17, 15) is 9.59 Å². The summed E-state index contributed by atoms with van der Waals surface area (Å²) in [4.78, 5) is 21.1. The molecule has 0 heterocycles. The predicted molar refractivity (Wildman–Crippen MR) is 38.5 cm³/mol. The van der Waals surface area contributed by atoms with E-state index in [0.717, 1.165) is 0 Å². The minimum absolute atomic E-state index is 0.0476. The molecule has 0 saturated carbocycles. The van der Waals surface area contributed by atoms with Gasteiger partial charge in [0.1, 0.15) is 5.78 Å². The number of carbonyl (C=O) groups excluding carboxylic acids is 2. The van der Waals surface area contributed by atoms with E-state index in [4.69, 9.17) is 0 Å². The molecule has 0 aromatic heterocycles. The first-order valence-corrected chi connectivity index (χ1v) is 2.97. The summed E-state index contributed by atoms with van der Waals surface area (Å²) in [5, 5.41) is 2.38. The van der Waals surface area contributed by atoms with Crippen LogP contribution in [0.1, 0.15) is 13.3 Å². The molecule has 3 nitrogen and oxygen atoms in total. The van der Waals surface area contributed by atoms with E-state index in [1.54, 1.807) is 0 Å². The first-order valence-electron chi connectivity index (χ1n) is 2.97. The van der Waals surface area contributed by atoms with Gasteiger partial charge in [-0.2, -0.15) is 0 Å². The van der Waals surface area contributed by atoms with Crippen LogP contribution in [-0.2, 0) is 9.59 Å². The Morgan fingerprint density at radius 3 is 2.30 bits per heavy atom. The number of rotatable bonds is 3. The van der Waals surface area contributed by atoms with E-state index in [1.807, 2.05) is 0 Å². The van der Waals surface area contributed by atoms with Crippen LogP contribution in [0.2, 0.25) is 0 Å². The standard InChI is InChI=1S/C7H11NO2/c1-5(4-6(2)9)7(10)8-3/h1,4H2,2-3H3,(H,8,10). The molecule has 56 valence electrons. The Labute approximate surface area is 60.1 Å². The van der Waals surface area contributed by atoms with Crippen LogP contribution < -0.4 is 5.32 Å². The van der Waals surface area contributed by atoms with Gasteiger partial charge in [0.05, 0.1) is 0 Å². The van der Waals surface area contributed by atoms with Gasteiger partial charge in [-0.15, -0.1) is 0 Å². The monoisotopic (exact) mass is 141 g/mol. The van der Waals surface area contributed by atoms with Crippen LogP contribution in [0.4, 0.5) is 0 Å². The summed E-state index contributed by atoms with van der Waals surface area (Å²) < 4.78 is 0. The van der Waals surface area contributed by atoms with Gasteiger partial charge in [0.2, 0.25) is 5.91 Å². The predicted octanol–water partition coefficient (Wildman–Crippen LogP) is 0.268. The van der Waals surface area contributed by atoms with Gasteiger partial charge >= 0.3 is 0 Å². The van der Waals surface area contributed by atoms with Gasteiger partial charge in [0.15, 0.2) is 0 Å². The topological polar surface area (TPSA) is 46.2 Å². The summed E-state index contributed by atoms with van der Waals surface area (Å²) in [5.74, 6) is -0.316. The molecule has 0 atom stereocenters. The Balaban J connectivity index is 3.86. The van der Waals surface area contributed by atoms with Crippen molar-refractivity contribution in [1.29, 1.82) is 0 Å². The summed E-state index contributed by atoms with van der Waals surface area (Å²) in [6.07, 6.45) is 0.139. The lowest BCUT2D eigenvalue weighted by Gasteiger charge is -1.98. The highest BCUT2D eigenvalue weighted by Crippen LogP contribution is 1.97. The van der Waals surface area contributed by atoms with Crippen LogP contribution in [0.3, 0.4) is 0 Å². The normalized spacial score (nSPS) is 8.60. The highest BCUT2D eigenvalue weighted by atomic mass is 16.2. The largest absolute Gasteiger partial charge is 0.355 e. The molecule has 0 aromatic carbocycles. The van der Waals surface area contributed by atoms with Crippen LogP contribution in [-0.4, -0.2) is 18.7 Å². The SMILES string of the molecule is C=C(CC(C)=O)C(=O)NC. The van der Waals surface area contributed by atoms with Crippen LogP contribution in [0, 0.1) is 0 Å². The second kappa shape index (κ2) is 3.82. The maximum Gasteiger partial charge on any atom is 0.246 e. The van der Waals surface area contributed by atoms with E-state index in [1.165, 1.54) is 14.0 Å². The van der Waals surface area contributed by atoms with Gasteiger partial charge in [-0.25, -0.2) is 0 Å². The molecule has 0 rings (SSSR count). The maximum absolute atomic E-state index is 10.7. The van der Waals surface area contributed by atoms with Crippen LogP contribution >= 0.6 is 0 Å². The second-order valence-corrected chi connectivity index (χ2v) is 2.06. The minimum Gasteiger partial charge on any atom is -0.355 e. The molecule has 0 unspecified atom stereocenters. The molecule has 0 aromatic rings. The number of likely N-dealkylation sites (N-methyl/N-ethyl adjacent to an activating group) is 1. The lowest BCUT2D eigenvalue weighted by atomic mass is 10.1. The van der Waals surface area contributed by atoms with Crippen molar-refractivity contribution in [3.05, 3.63) is 12.2 Å². The molecular formula is C7H11NO2. The van der Waals surface area contributed by atoms with E-state index in [-0.39, 0.29) is 18.1 Å². The number of amides is 1. The molecule has 0 radical (unpaired) electrons. The van der Waals surface area contributed by atoms with Crippen molar-refractivity contribution in [2.24, 2.45) is 0 Å². The smallest absolute Gasteiger partial charge is 0.246 e. The third-order valence-electron chi connectivity index (χ3n) is 1.01. The van der Waals surface area contributed by atoms with Gasteiger partial charge in [-0.1, -0.05) is 6.58 Å². The molecule has 0 aliphatic heterocycles. The first kappa shape index (κ1) is 8.88. The van der Waals surface area contributed by atoms with Crippen LogP contribution in [0.5, 0.6) is 0 Å². The van der Waals surface area contributed by atoms with Crippen molar-refractivity contribution in [3.63, 3.8) is 0 Å². The van der Waals surface area contributed by atoms with Gasteiger partial charge in [0, 0.05) is 19.0 Å². The number of nitrogens with one attached hydrogen (secondary N) is 1. The maximum atomic E-state index is 10.7. The number of ketones is 1. The molecule has 0 bridgehead atoms. The van der Waals surface area contributed by atoms with Gasteiger partial charge in [-0.05, 0) is 6.92 Å². The zero-order valence-electron chi connectivity index (χ0n) is 6.23. The Kier molecular flexibility index (Phi) is 3.39. The average molecular weight is 141 g/mol. The summed E-state index contributed by atoms with van der Waals surface area (Å²) >= 11 is 0. The molecule has 1 N–H and O–H groups in total. The molecule has 3 heteroatoms. The number of carbonyl (C=O) groups is 2. The van der Waals surface area contributed by atoms with Gasteiger partial charge in [-0.3, -0.25) is 9.59 Å². The first-order chi connectivity index (χ1) is 4.57. The van der Waals surface area contributed by atoms with Crippen molar-refractivity contribution in [2.75, 3.05) is 7.05 Å². The Morgan fingerprint density at radius 2 is 2.00 bits per heavy atom. The fourth-order valence-electron chi connectivity index (χ4n) is 0.558. The summed E-state index contributed by atoms with van der Waals surface area (Å²) in [6, 6.07) is 0. The molecule has 1 amide bonds. The molecule has 0 spiro atoms. The third kappa shape index (κ3) is 3.02. The highest BCUT2D eigenvalue weighted by molar-refractivity contribution is 5.97. The Morgan fingerprint density at radius 1 is 1.50 bits per heavy atom. The fourth-order valence-corrected chi connectivity index (χ4v) is 0.558. The molecule has 0 aliphatic carbocycles. The van der Waals surface area contributed by atoms with Crippen molar-refractivity contribution in [2.45, 2.75) is 13.3 Å². The molecule has 10 heavy (non-hydrogen) atoms. The van der Waals surface area contributed by atoms with E-state index < -0.39 is 0 Å². The quantitative estimate of drug-likeness (QED) is 0.573. The van der Waals surface area contributed by atoms with E-state index >= 15 is 0 Å². The zero-order valence-corrected chi connectivity index (χ0v) is 6.23. The lowest BCUT2D eigenvalue weighted by molar-refractivity contribution is -0.120. The van der Waals surface area contributed by atoms with Crippen LogP contribution in [0.25, 0.3) is 0 Å². The molecular weight excluding hydrogens is 130 g/mol. The molecule has 0 saturated heterocycles. The van der Waals surface area contributed by atoms with E-state index in [0.29, 0.717) is 5.57 Å². The Hall–Kier alpha value is -1.12. The zero-order chi connectivity index (χ0) is 8.15. The number of hydrogen-bond donors (Lipinski definition) is 1. The highest BCUT2D eigenvalue weighted by Gasteiger charge is 2.05. The molecule has 0 fully saturated rings. The summed E-state index contributed by atoms with van der Waals surface area (Å²) in [7, 11) is 1.51. The summed E-state index contributed by atoms with van der Waals surface area (Å²) in [6.45, 7) is 4.86. The van der Waals surface area contributed by atoms with Crippen molar-refractivity contribution in [3.8, 4) is 0 Å². The Bertz CT molecular complexity index is 172. The van der Waals surface area contributed by atoms with Crippen LogP contribution in [0.15, 0.2) is 12.2 Å². The average Bonchev–Trinajstić information content (AvgIpc) is 1.85. The van der Waals surface area contributed by atoms with Crippen molar-refractivity contribution >= 4 is 11.7 Å². The third-order valence-corrected chi connectivity index (χ3v) is 1.01. The molecule has 0 aliphatic rings. The number of hydrogen-bond acceptors (Lipinski definition) is 2. The lowest BCUT2D eigenvalue weighted by Crippen LogP contribution is -2.20. The van der Waals surface area contributed by atoms with Gasteiger partial charge < -0.3 is 5.32 Å².